The highest BCUT2D eigenvalue weighted by atomic mass is 16.4. The Morgan fingerprint density at radius 2 is 1.16 bits per heavy atom. The Balaban J connectivity index is 3.28. The molecule has 0 aromatic heterocycles. The van der Waals surface area contributed by atoms with E-state index < -0.39 is 66.1 Å². The molecule has 44 heavy (non-hydrogen) atoms. The Hall–Kier alpha value is -3.38. The summed E-state index contributed by atoms with van der Waals surface area (Å²) in [4.78, 5) is 79.6. The Labute approximate surface area is 262 Å². The molecule has 252 valence electrons. The van der Waals surface area contributed by atoms with E-state index in [2.05, 4.69) is 26.6 Å². The van der Waals surface area contributed by atoms with Crippen LogP contribution in [-0.4, -0.2) is 88.9 Å². The van der Waals surface area contributed by atoms with Crippen molar-refractivity contribution in [1.82, 2.24) is 31.5 Å². The lowest BCUT2D eigenvalue weighted by Gasteiger charge is -2.33. The van der Waals surface area contributed by atoms with E-state index in [0.717, 1.165) is 12.8 Å². The molecule has 0 unspecified atom stereocenters. The third kappa shape index (κ3) is 12.7. The van der Waals surface area contributed by atoms with Crippen LogP contribution in [0.25, 0.3) is 0 Å². The molecule has 1 saturated heterocycles. The van der Waals surface area contributed by atoms with Gasteiger partial charge < -0.3 is 36.6 Å². The molecule has 0 aliphatic carbocycles. The van der Waals surface area contributed by atoms with Gasteiger partial charge in [0.2, 0.25) is 23.6 Å². The molecule has 0 aromatic rings. The molecule has 13 nitrogen and oxygen atoms in total. The maximum absolute atomic E-state index is 13.6. The topological polar surface area (TPSA) is 186 Å². The van der Waals surface area contributed by atoms with Gasteiger partial charge in [-0.2, -0.15) is 0 Å². The number of aliphatic carboxylic acids is 1. The summed E-state index contributed by atoms with van der Waals surface area (Å²) in [5, 5.41) is 23.0. The zero-order valence-corrected chi connectivity index (χ0v) is 28.1. The third-order valence-corrected chi connectivity index (χ3v) is 7.98. The van der Waals surface area contributed by atoms with E-state index in [4.69, 9.17) is 0 Å². The molecular formula is C31H56N6O7. The van der Waals surface area contributed by atoms with Crippen molar-refractivity contribution in [3.63, 3.8) is 0 Å². The van der Waals surface area contributed by atoms with Crippen LogP contribution >= 0.6 is 0 Å². The van der Waals surface area contributed by atoms with Crippen molar-refractivity contribution < 1.29 is 33.9 Å². The normalized spacial score (nSPS) is 16.4. The predicted molar refractivity (Wildman–Crippen MR) is 168 cm³/mol. The fourth-order valence-corrected chi connectivity index (χ4v) is 5.12. The number of carboxylic acid groups (broad SMARTS) is 1. The van der Waals surface area contributed by atoms with Crippen LogP contribution in [0.3, 0.4) is 0 Å². The summed E-state index contributed by atoms with van der Waals surface area (Å²) >= 11 is 0. The van der Waals surface area contributed by atoms with Gasteiger partial charge in [-0.15, -0.1) is 0 Å². The minimum absolute atomic E-state index is 0.0850. The Bertz CT molecular complexity index is 1010. The van der Waals surface area contributed by atoms with Crippen LogP contribution in [-0.2, 0) is 24.0 Å². The monoisotopic (exact) mass is 624 g/mol. The van der Waals surface area contributed by atoms with Crippen LogP contribution in [0, 0.1) is 10.8 Å². The largest absolute Gasteiger partial charge is 0.481 e. The average Bonchev–Trinajstić information content (AvgIpc) is 3.46. The van der Waals surface area contributed by atoms with Gasteiger partial charge in [-0.1, -0.05) is 62.3 Å². The first-order valence-corrected chi connectivity index (χ1v) is 15.8. The van der Waals surface area contributed by atoms with Gasteiger partial charge in [0.25, 0.3) is 0 Å². The Kier molecular flexibility index (Phi) is 15.1. The molecule has 1 aliphatic rings. The van der Waals surface area contributed by atoms with Gasteiger partial charge in [-0.05, 0) is 42.9 Å². The zero-order chi connectivity index (χ0) is 33.8. The second-order valence-corrected chi connectivity index (χ2v) is 13.8. The van der Waals surface area contributed by atoms with E-state index in [1.165, 1.54) is 0 Å². The van der Waals surface area contributed by atoms with Gasteiger partial charge in [-0.25, -0.2) is 4.79 Å². The van der Waals surface area contributed by atoms with E-state index in [9.17, 15) is 33.9 Å². The summed E-state index contributed by atoms with van der Waals surface area (Å²) in [5.41, 5.74) is -1.10. The number of carbonyl (C=O) groups is 6. The number of urea groups is 1. The van der Waals surface area contributed by atoms with Crippen molar-refractivity contribution in [2.75, 3.05) is 13.1 Å². The lowest BCUT2D eigenvalue weighted by atomic mass is 9.85. The SMILES string of the molecule is CCC(CC)NC(=O)N[C@H](C(=O)N[C@@H](CC(=O)N1CCCC1)C(=O)N[C@@H](CC(=O)O)C(=O)N[C@@H](CC)C(C)(C)C)C(C)(C)C. The minimum atomic E-state index is -1.44. The molecule has 1 rings (SSSR count). The van der Waals surface area contributed by atoms with Gasteiger partial charge in [0.05, 0.1) is 12.8 Å². The molecule has 6 amide bonds. The Morgan fingerprint density at radius 3 is 1.61 bits per heavy atom. The first-order valence-electron chi connectivity index (χ1n) is 15.8. The van der Waals surface area contributed by atoms with Gasteiger partial charge >= 0.3 is 12.0 Å². The highest BCUT2D eigenvalue weighted by molar-refractivity contribution is 5.97. The highest BCUT2D eigenvalue weighted by Gasteiger charge is 2.38. The quantitative estimate of drug-likeness (QED) is 0.161. The molecular weight excluding hydrogens is 568 g/mol. The maximum atomic E-state index is 13.6. The van der Waals surface area contributed by atoms with Crippen molar-refractivity contribution in [2.45, 2.75) is 137 Å². The second-order valence-electron chi connectivity index (χ2n) is 13.8. The summed E-state index contributed by atoms with van der Waals surface area (Å²) in [6.45, 7) is 17.9. The van der Waals surface area contributed by atoms with Crippen LogP contribution in [0.5, 0.6) is 0 Å². The van der Waals surface area contributed by atoms with Crippen LogP contribution in [0.4, 0.5) is 4.79 Å². The summed E-state index contributed by atoms with van der Waals surface area (Å²) in [6.07, 6.45) is 2.55. The molecule has 0 saturated carbocycles. The number of carbonyl (C=O) groups excluding carboxylic acids is 5. The molecule has 13 heteroatoms. The van der Waals surface area contributed by atoms with Crippen molar-refractivity contribution >= 4 is 35.6 Å². The van der Waals surface area contributed by atoms with E-state index in [1.54, 1.807) is 25.7 Å². The van der Waals surface area contributed by atoms with E-state index in [-0.39, 0.29) is 23.4 Å². The smallest absolute Gasteiger partial charge is 0.315 e. The van der Waals surface area contributed by atoms with E-state index >= 15 is 0 Å². The molecule has 0 spiro atoms. The fourth-order valence-electron chi connectivity index (χ4n) is 5.12. The van der Waals surface area contributed by atoms with Gasteiger partial charge in [0.1, 0.15) is 18.1 Å². The van der Waals surface area contributed by atoms with Crippen LogP contribution in [0.1, 0.15) is 107 Å². The molecule has 0 aromatic carbocycles. The number of nitrogens with zero attached hydrogens (tertiary/aromatic N) is 1. The number of carboxylic acids is 1. The summed E-state index contributed by atoms with van der Waals surface area (Å²) in [5.74, 6) is -3.89. The van der Waals surface area contributed by atoms with Crippen molar-refractivity contribution in [2.24, 2.45) is 10.8 Å². The first-order chi connectivity index (χ1) is 20.3. The average molecular weight is 625 g/mol. The van der Waals surface area contributed by atoms with Gasteiger partial charge in [0.15, 0.2) is 0 Å². The number of hydrogen-bond donors (Lipinski definition) is 6. The third-order valence-electron chi connectivity index (χ3n) is 7.98. The van der Waals surface area contributed by atoms with Gasteiger partial charge in [0, 0.05) is 25.2 Å². The maximum Gasteiger partial charge on any atom is 0.315 e. The van der Waals surface area contributed by atoms with Crippen LogP contribution in [0.2, 0.25) is 0 Å². The lowest BCUT2D eigenvalue weighted by molar-refractivity contribution is -0.142. The fraction of sp³-hybridized carbons (Fsp3) is 0.806. The molecule has 1 aliphatic heterocycles. The van der Waals surface area contributed by atoms with Gasteiger partial charge in [-0.3, -0.25) is 24.0 Å². The number of nitrogens with one attached hydrogen (secondary N) is 5. The number of rotatable bonds is 15. The number of hydrogen-bond acceptors (Lipinski definition) is 6. The second kappa shape index (κ2) is 17.2. The van der Waals surface area contributed by atoms with Crippen molar-refractivity contribution in [3.05, 3.63) is 0 Å². The molecule has 1 fully saturated rings. The predicted octanol–water partition coefficient (Wildman–Crippen LogP) is 2.29. The minimum Gasteiger partial charge on any atom is -0.481 e. The first kappa shape index (κ1) is 38.6. The van der Waals surface area contributed by atoms with Crippen LogP contribution in [0.15, 0.2) is 0 Å². The summed E-state index contributed by atoms with van der Waals surface area (Å²) < 4.78 is 0. The number of likely N-dealkylation sites (tertiary alicyclic amines) is 1. The molecule has 0 bridgehead atoms. The summed E-state index contributed by atoms with van der Waals surface area (Å²) in [6, 6.07) is -4.86. The molecule has 4 atom stereocenters. The van der Waals surface area contributed by atoms with E-state index in [0.29, 0.717) is 32.4 Å². The molecule has 0 radical (unpaired) electrons. The molecule has 6 N–H and O–H groups in total. The zero-order valence-electron chi connectivity index (χ0n) is 28.1. The van der Waals surface area contributed by atoms with E-state index in [1.807, 2.05) is 41.5 Å². The highest BCUT2D eigenvalue weighted by Crippen LogP contribution is 2.22. The lowest BCUT2D eigenvalue weighted by Crippen LogP contribution is -2.61. The number of amides is 6. The van der Waals surface area contributed by atoms with Crippen molar-refractivity contribution in [1.29, 1.82) is 0 Å². The molecule has 1 heterocycles. The standard InChI is InChI=1S/C31H56N6O7/c1-10-19(11-2)32-29(44)36-25(31(7,8)9)28(43)34-20(17-23(38)37-15-13-14-16-37)26(41)33-21(18-24(39)40)27(42)35-22(12-3)30(4,5)6/h19-22,25H,10-18H2,1-9H3,(H,33,41)(H,34,43)(H,35,42)(H,39,40)(H2,32,36,44)/t20-,21-,22-,25+/m0/s1. The summed E-state index contributed by atoms with van der Waals surface area (Å²) in [7, 11) is 0. The Morgan fingerprint density at radius 1 is 0.659 bits per heavy atom. The van der Waals surface area contributed by atoms with Crippen LogP contribution < -0.4 is 26.6 Å². The van der Waals surface area contributed by atoms with Crippen molar-refractivity contribution in [3.8, 4) is 0 Å².